The molecule has 0 fully saturated rings. The Bertz CT molecular complexity index is 1050. The Morgan fingerprint density at radius 3 is 2.50 bits per heavy atom. The highest BCUT2D eigenvalue weighted by molar-refractivity contribution is 5.94. The summed E-state index contributed by atoms with van der Waals surface area (Å²) < 4.78 is 60.9. The highest BCUT2D eigenvalue weighted by Gasteiger charge is 2.35. The molecule has 160 valence electrons. The monoisotopic (exact) mass is 420 g/mol. The van der Waals surface area contributed by atoms with E-state index in [0.29, 0.717) is 22.9 Å². The Hall–Kier alpha value is -2.67. The molecule has 0 saturated heterocycles. The Balaban J connectivity index is 2.02. The lowest BCUT2D eigenvalue weighted by Crippen LogP contribution is -2.43. The van der Waals surface area contributed by atoms with Crippen LogP contribution >= 0.6 is 0 Å². The number of alkyl halides is 3. The largest absolute Gasteiger partial charge is 0.491 e. The van der Waals surface area contributed by atoms with E-state index in [4.69, 9.17) is 10.5 Å². The Morgan fingerprint density at radius 2 is 1.83 bits per heavy atom. The van der Waals surface area contributed by atoms with Crippen molar-refractivity contribution in [2.75, 3.05) is 6.61 Å². The highest BCUT2D eigenvalue weighted by atomic mass is 19.4. The van der Waals surface area contributed by atoms with Crippen LogP contribution in [0.2, 0.25) is 0 Å². The van der Waals surface area contributed by atoms with Gasteiger partial charge in [-0.05, 0) is 54.7 Å². The smallest absolute Gasteiger partial charge is 0.419 e. The van der Waals surface area contributed by atoms with Crippen molar-refractivity contribution in [2.24, 2.45) is 11.7 Å². The van der Waals surface area contributed by atoms with Crippen molar-refractivity contribution in [1.29, 1.82) is 0 Å². The molecule has 0 unspecified atom stereocenters. The number of halogens is 4. The number of fused-ring (bicyclic) bond motifs is 1. The fourth-order valence-electron chi connectivity index (χ4n) is 3.67. The number of pyridine rings is 1. The fraction of sp³-hybridized carbons (Fsp3) is 0.348. The standard InChI is InChI=1S/C23H24F4N2O/c1-14(2)12-22(3,28)13-30-20-8-7-15(11-18(20)23(25,26)27)16-9-10-29-21-17(16)5-4-6-19(21)24/h4-11,14H,12-13,28H2,1-3H3/t22-/m0/s1. The molecule has 1 heterocycles. The number of aromatic nitrogens is 1. The number of nitrogens with two attached hydrogens (primary N) is 1. The van der Waals surface area contributed by atoms with Crippen LogP contribution in [-0.4, -0.2) is 17.1 Å². The minimum Gasteiger partial charge on any atom is -0.491 e. The first kappa shape index (κ1) is 22.0. The number of hydrogen-bond donors (Lipinski definition) is 1. The van der Waals surface area contributed by atoms with E-state index >= 15 is 0 Å². The molecule has 0 aliphatic heterocycles. The zero-order valence-corrected chi connectivity index (χ0v) is 17.1. The summed E-state index contributed by atoms with van der Waals surface area (Å²) in [4.78, 5) is 4.00. The van der Waals surface area contributed by atoms with Gasteiger partial charge in [-0.2, -0.15) is 13.2 Å². The predicted octanol–water partition coefficient (Wildman–Crippen LogP) is 6.20. The molecule has 0 spiro atoms. The van der Waals surface area contributed by atoms with E-state index in [0.717, 1.165) is 6.07 Å². The quantitative estimate of drug-likeness (QED) is 0.483. The normalized spacial score (nSPS) is 14.2. The molecular formula is C23H24F4N2O. The molecule has 0 aliphatic rings. The van der Waals surface area contributed by atoms with Crippen molar-refractivity contribution in [3.63, 3.8) is 0 Å². The maximum atomic E-state index is 14.0. The zero-order chi connectivity index (χ0) is 22.1. The minimum absolute atomic E-state index is 0.0446. The zero-order valence-electron chi connectivity index (χ0n) is 17.1. The molecule has 7 heteroatoms. The van der Waals surface area contributed by atoms with Gasteiger partial charge in [0.15, 0.2) is 0 Å². The Labute approximate surface area is 172 Å². The Kier molecular flexibility index (Phi) is 6.04. The highest BCUT2D eigenvalue weighted by Crippen LogP contribution is 2.40. The fourth-order valence-corrected chi connectivity index (χ4v) is 3.67. The van der Waals surface area contributed by atoms with Gasteiger partial charge in [-0.15, -0.1) is 0 Å². The van der Waals surface area contributed by atoms with Crippen LogP contribution in [0.1, 0.15) is 32.8 Å². The van der Waals surface area contributed by atoms with Gasteiger partial charge in [-0.25, -0.2) is 4.39 Å². The SMILES string of the molecule is CC(C)C[C@](C)(N)COc1ccc(-c2ccnc3c(F)cccc23)cc1C(F)(F)F. The third kappa shape index (κ3) is 4.90. The lowest BCUT2D eigenvalue weighted by Gasteiger charge is -2.27. The van der Waals surface area contributed by atoms with Gasteiger partial charge in [0.1, 0.15) is 23.7 Å². The summed E-state index contributed by atoms with van der Waals surface area (Å²) in [6.45, 7) is 5.69. The summed E-state index contributed by atoms with van der Waals surface area (Å²) in [7, 11) is 0. The molecule has 2 aromatic carbocycles. The van der Waals surface area contributed by atoms with Crippen LogP contribution in [0.15, 0.2) is 48.7 Å². The van der Waals surface area contributed by atoms with Crippen molar-refractivity contribution in [1.82, 2.24) is 4.98 Å². The molecule has 3 aromatic rings. The molecule has 1 aromatic heterocycles. The van der Waals surface area contributed by atoms with Crippen molar-refractivity contribution >= 4 is 10.9 Å². The van der Waals surface area contributed by atoms with Crippen LogP contribution in [0.25, 0.3) is 22.0 Å². The van der Waals surface area contributed by atoms with E-state index in [2.05, 4.69) is 4.98 Å². The lowest BCUT2D eigenvalue weighted by molar-refractivity contribution is -0.139. The molecule has 30 heavy (non-hydrogen) atoms. The average Bonchev–Trinajstić information content (AvgIpc) is 2.65. The molecule has 1 atom stereocenters. The summed E-state index contributed by atoms with van der Waals surface area (Å²) >= 11 is 0. The second-order valence-electron chi connectivity index (χ2n) is 8.24. The Morgan fingerprint density at radius 1 is 1.10 bits per heavy atom. The maximum Gasteiger partial charge on any atom is 0.419 e. The van der Waals surface area contributed by atoms with Crippen LogP contribution in [0, 0.1) is 11.7 Å². The van der Waals surface area contributed by atoms with Crippen LogP contribution in [-0.2, 0) is 6.18 Å². The lowest BCUT2D eigenvalue weighted by atomic mass is 9.93. The first-order valence-corrected chi connectivity index (χ1v) is 9.64. The molecule has 0 aliphatic carbocycles. The third-order valence-corrected chi connectivity index (χ3v) is 4.75. The molecule has 0 amide bonds. The average molecular weight is 420 g/mol. The number of hydrogen-bond acceptors (Lipinski definition) is 3. The summed E-state index contributed by atoms with van der Waals surface area (Å²) in [5.41, 5.74) is 5.38. The first-order chi connectivity index (χ1) is 14.0. The maximum absolute atomic E-state index is 14.0. The van der Waals surface area contributed by atoms with Crippen LogP contribution < -0.4 is 10.5 Å². The molecule has 3 nitrogen and oxygen atoms in total. The van der Waals surface area contributed by atoms with Crippen molar-refractivity contribution in [2.45, 2.75) is 38.9 Å². The van der Waals surface area contributed by atoms with Crippen molar-refractivity contribution in [3.05, 3.63) is 60.0 Å². The minimum atomic E-state index is -4.62. The van der Waals surface area contributed by atoms with Crippen molar-refractivity contribution in [3.8, 4) is 16.9 Å². The molecule has 0 radical (unpaired) electrons. The van der Waals surface area contributed by atoms with Gasteiger partial charge in [0.2, 0.25) is 0 Å². The summed E-state index contributed by atoms with van der Waals surface area (Å²) in [5, 5.41) is 0.436. The van der Waals surface area contributed by atoms with Gasteiger partial charge >= 0.3 is 6.18 Å². The second kappa shape index (κ2) is 8.22. The molecular weight excluding hydrogens is 396 g/mol. The van der Waals surface area contributed by atoms with E-state index < -0.39 is 23.1 Å². The van der Waals surface area contributed by atoms with E-state index in [9.17, 15) is 17.6 Å². The van der Waals surface area contributed by atoms with Crippen LogP contribution in [0.5, 0.6) is 5.75 Å². The van der Waals surface area contributed by atoms with E-state index in [1.807, 2.05) is 13.8 Å². The number of ether oxygens (including phenoxy) is 1. The first-order valence-electron chi connectivity index (χ1n) is 9.64. The molecule has 0 bridgehead atoms. The predicted molar refractivity (Wildman–Crippen MR) is 110 cm³/mol. The molecule has 0 saturated carbocycles. The van der Waals surface area contributed by atoms with Crippen LogP contribution in [0.4, 0.5) is 17.6 Å². The third-order valence-electron chi connectivity index (χ3n) is 4.75. The van der Waals surface area contributed by atoms with Gasteiger partial charge in [-0.1, -0.05) is 32.0 Å². The van der Waals surface area contributed by atoms with Gasteiger partial charge in [0, 0.05) is 17.1 Å². The number of rotatable bonds is 6. The summed E-state index contributed by atoms with van der Waals surface area (Å²) in [6.07, 6.45) is -2.63. The molecule has 2 N–H and O–H groups in total. The van der Waals surface area contributed by atoms with Gasteiger partial charge in [0.05, 0.1) is 5.56 Å². The van der Waals surface area contributed by atoms with Gasteiger partial charge in [0.25, 0.3) is 0 Å². The summed E-state index contributed by atoms with van der Waals surface area (Å²) in [6, 6.07) is 9.79. The van der Waals surface area contributed by atoms with Crippen molar-refractivity contribution < 1.29 is 22.3 Å². The number of nitrogens with zero attached hydrogens (tertiary/aromatic N) is 1. The van der Waals surface area contributed by atoms with Gasteiger partial charge in [-0.3, -0.25) is 4.98 Å². The second-order valence-corrected chi connectivity index (χ2v) is 8.24. The number of benzene rings is 2. The van der Waals surface area contributed by atoms with Gasteiger partial charge < -0.3 is 10.5 Å². The molecule has 3 rings (SSSR count). The van der Waals surface area contributed by atoms with E-state index in [-0.39, 0.29) is 23.8 Å². The summed E-state index contributed by atoms with van der Waals surface area (Å²) in [5.74, 6) is -0.526. The number of para-hydroxylation sites is 1. The van der Waals surface area contributed by atoms with Crippen LogP contribution in [0.3, 0.4) is 0 Å². The topological polar surface area (TPSA) is 48.1 Å². The van der Waals surface area contributed by atoms with E-state index in [1.54, 1.807) is 19.1 Å². The van der Waals surface area contributed by atoms with E-state index in [1.165, 1.54) is 30.5 Å².